The second-order valence-electron chi connectivity index (χ2n) is 9.18. The SMILES string of the molecule is N#CC1[C@H]2CNC[C@@H]12.O=C(NCC1CN(c2ccc(-c3cccnc3)c(F)c2)C(=O)O1)C1CC1. The number of nitrogens with one attached hydrogen (secondary N) is 2. The molecular formula is C25H26FN5O3. The average Bonchev–Trinajstić information content (AvgIpc) is 3.74. The number of nitriles is 1. The maximum Gasteiger partial charge on any atom is 0.414 e. The minimum absolute atomic E-state index is 0.00590. The molecule has 9 heteroatoms. The number of amides is 2. The predicted molar refractivity (Wildman–Crippen MR) is 122 cm³/mol. The summed E-state index contributed by atoms with van der Waals surface area (Å²) in [5, 5.41) is 14.5. The molecule has 8 nitrogen and oxygen atoms in total. The molecule has 1 aromatic heterocycles. The maximum atomic E-state index is 14.5. The lowest BCUT2D eigenvalue weighted by Crippen LogP contribution is -2.35. The van der Waals surface area contributed by atoms with Crippen molar-refractivity contribution in [3.63, 3.8) is 0 Å². The van der Waals surface area contributed by atoms with Crippen LogP contribution < -0.4 is 15.5 Å². The van der Waals surface area contributed by atoms with Gasteiger partial charge in [-0.1, -0.05) is 6.07 Å². The first-order valence-corrected chi connectivity index (χ1v) is 11.6. The summed E-state index contributed by atoms with van der Waals surface area (Å²) in [6, 6.07) is 10.4. The Morgan fingerprint density at radius 3 is 2.71 bits per heavy atom. The molecule has 4 atom stereocenters. The van der Waals surface area contributed by atoms with Gasteiger partial charge in [0, 0.05) is 29.4 Å². The lowest BCUT2D eigenvalue weighted by atomic mass is 10.1. The summed E-state index contributed by atoms with van der Waals surface area (Å²) in [6.07, 6.45) is 4.07. The summed E-state index contributed by atoms with van der Waals surface area (Å²) >= 11 is 0. The highest BCUT2D eigenvalue weighted by atomic mass is 19.1. The summed E-state index contributed by atoms with van der Waals surface area (Å²) in [7, 11) is 0. The molecule has 0 radical (unpaired) electrons. The fraction of sp³-hybridized carbons (Fsp3) is 0.440. The summed E-state index contributed by atoms with van der Waals surface area (Å²) in [6.45, 7) is 2.72. The molecule has 2 aliphatic carbocycles. The Balaban J connectivity index is 0.000000252. The number of ether oxygens (including phenoxy) is 1. The van der Waals surface area contributed by atoms with E-state index >= 15 is 0 Å². The average molecular weight is 464 g/mol. The van der Waals surface area contributed by atoms with Crippen LogP contribution in [-0.4, -0.2) is 49.3 Å². The van der Waals surface area contributed by atoms with Crippen molar-refractivity contribution in [3.05, 3.63) is 48.5 Å². The molecule has 6 rings (SSSR count). The van der Waals surface area contributed by atoms with E-state index in [0.29, 0.717) is 22.7 Å². The number of pyridine rings is 1. The number of aromatic nitrogens is 1. The number of halogens is 1. The molecule has 2 N–H and O–H groups in total. The minimum atomic E-state index is -0.538. The summed E-state index contributed by atoms with van der Waals surface area (Å²) < 4.78 is 19.8. The van der Waals surface area contributed by atoms with Gasteiger partial charge >= 0.3 is 6.09 Å². The van der Waals surface area contributed by atoms with Crippen molar-refractivity contribution in [3.8, 4) is 17.2 Å². The van der Waals surface area contributed by atoms with Crippen molar-refractivity contribution < 1.29 is 18.7 Å². The van der Waals surface area contributed by atoms with Crippen molar-refractivity contribution in [2.24, 2.45) is 23.7 Å². The first-order valence-electron chi connectivity index (χ1n) is 11.6. The van der Waals surface area contributed by atoms with Crippen LogP contribution in [0, 0.1) is 40.8 Å². The van der Waals surface area contributed by atoms with Gasteiger partial charge in [-0.15, -0.1) is 0 Å². The predicted octanol–water partition coefficient (Wildman–Crippen LogP) is 2.71. The van der Waals surface area contributed by atoms with Gasteiger partial charge in [0.25, 0.3) is 0 Å². The summed E-state index contributed by atoms with van der Waals surface area (Å²) in [5.74, 6) is 1.54. The third-order valence-corrected chi connectivity index (χ3v) is 6.80. The molecule has 4 fully saturated rings. The molecule has 1 aromatic carbocycles. The molecule has 4 aliphatic rings. The van der Waals surface area contributed by atoms with Crippen LogP contribution in [-0.2, 0) is 9.53 Å². The Kier molecular flexibility index (Phi) is 6.16. The molecule has 0 spiro atoms. The third-order valence-electron chi connectivity index (χ3n) is 6.80. The second-order valence-corrected chi connectivity index (χ2v) is 9.18. The number of rotatable bonds is 5. The van der Waals surface area contributed by atoms with Crippen molar-refractivity contribution in [1.29, 1.82) is 5.26 Å². The van der Waals surface area contributed by atoms with Gasteiger partial charge in [-0.25, -0.2) is 9.18 Å². The highest BCUT2D eigenvalue weighted by Crippen LogP contribution is 2.47. The van der Waals surface area contributed by atoms with Gasteiger partial charge in [-0.3, -0.25) is 14.7 Å². The Morgan fingerprint density at radius 1 is 1.29 bits per heavy atom. The van der Waals surface area contributed by atoms with Crippen LogP contribution in [0.15, 0.2) is 42.7 Å². The van der Waals surface area contributed by atoms with Crippen LogP contribution in [0.4, 0.5) is 14.9 Å². The molecule has 2 amide bonds. The molecule has 0 bridgehead atoms. The molecule has 3 heterocycles. The lowest BCUT2D eigenvalue weighted by Gasteiger charge is -2.14. The number of carbonyl (C=O) groups is 2. The topological polar surface area (TPSA) is 107 Å². The monoisotopic (exact) mass is 463 g/mol. The Hall–Kier alpha value is -3.51. The standard InChI is InChI=1S/C19H18FN3O3.C6H8N2/c20-17-8-14(5-6-16(17)13-2-1-7-21-9-13)23-11-15(26-19(23)25)10-22-18(24)12-3-4-12;7-1-4-5-2-8-3-6(4)5/h1-2,5-9,12,15H,3-4,10-11H2,(H,22,24);4-6,8H,2-3H2/t;4?,5-,6+. The Morgan fingerprint density at radius 2 is 2.09 bits per heavy atom. The van der Waals surface area contributed by atoms with Gasteiger partial charge in [0.1, 0.15) is 11.9 Å². The van der Waals surface area contributed by atoms with Crippen LogP contribution in [0.2, 0.25) is 0 Å². The van der Waals surface area contributed by atoms with Gasteiger partial charge in [0.05, 0.1) is 30.8 Å². The Bertz CT molecular complexity index is 1110. The van der Waals surface area contributed by atoms with E-state index in [-0.39, 0.29) is 24.9 Å². The fourth-order valence-electron chi connectivity index (χ4n) is 4.58. The molecule has 2 saturated heterocycles. The molecule has 2 aliphatic heterocycles. The largest absolute Gasteiger partial charge is 0.442 e. The lowest BCUT2D eigenvalue weighted by molar-refractivity contribution is -0.122. The van der Waals surface area contributed by atoms with E-state index in [4.69, 9.17) is 10.00 Å². The van der Waals surface area contributed by atoms with E-state index in [0.717, 1.165) is 37.8 Å². The van der Waals surface area contributed by atoms with Crippen LogP contribution in [0.5, 0.6) is 0 Å². The molecule has 176 valence electrons. The van der Waals surface area contributed by atoms with E-state index in [1.54, 1.807) is 36.7 Å². The highest BCUT2D eigenvalue weighted by molar-refractivity contribution is 5.90. The first-order chi connectivity index (χ1) is 16.5. The number of nitrogens with zero attached hydrogens (tertiary/aromatic N) is 3. The van der Waals surface area contributed by atoms with Crippen LogP contribution in [0.1, 0.15) is 12.8 Å². The van der Waals surface area contributed by atoms with Gasteiger partial charge in [0.2, 0.25) is 5.91 Å². The van der Waals surface area contributed by atoms with Gasteiger partial charge in [0.15, 0.2) is 0 Å². The molecule has 2 unspecified atom stereocenters. The number of piperidine rings is 1. The van der Waals surface area contributed by atoms with E-state index in [1.165, 1.54) is 11.0 Å². The van der Waals surface area contributed by atoms with Crippen molar-refractivity contribution in [1.82, 2.24) is 15.6 Å². The number of fused-ring (bicyclic) bond motifs is 1. The van der Waals surface area contributed by atoms with Crippen molar-refractivity contribution >= 4 is 17.7 Å². The smallest absolute Gasteiger partial charge is 0.414 e. The molecular weight excluding hydrogens is 437 g/mol. The maximum absolute atomic E-state index is 14.5. The first kappa shape index (κ1) is 22.3. The zero-order valence-corrected chi connectivity index (χ0v) is 18.6. The van der Waals surface area contributed by atoms with Crippen molar-refractivity contribution in [2.45, 2.75) is 18.9 Å². The molecule has 34 heavy (non-hydrogen) atoms. The Labute approximate surface area is 197 Å². The van der Waals surface area contributed by atoms with Gasteiger partial charge < -0.3 is 15.4 Å². The van der Waals surface area contributed by atoms with Crippen LogP contribution in [0.3, 0.4) is 0 Å². The van der Waals surface area contributed by atoms with Crippen LogP contribution >= 0.6 is 0 Å². The number of carbonyl (C=O) groups excluding carboxylic acids is 2. The van der Waals surface area contributed by atoms with E-state index in [1.807, 2.05) is 0 Å². The zero-order chi connectivity index (χ0) is 23.7. The zero-order valence-electron chi connectivity index (χ0n) is 18.6. The normalized spacial score (nSPS) is 26.6. The number of hydrogen-bond acceptors (Lipinski definition) is 6. The molecule has 2 saturated carbocycles. The number of hydrogen-bond donors (Lipinski definition) is 2. The fourth-order valence-corrected chi connectivity index (χ4v) is 4.58. The van der Waals surface area contributed by atoms with E-state index in [9.17, 15) is 14.0 Å². The van der Waals surface area contributed by atoms with Crippen LogP contribution in [0.25, 0.3) is 11.1 Å². The third kappa shape index (κ3) is 4.73. The van der Waals surface area contributed by atoms with E-state index in [2.05, 4.69) is 21.7 Å². The van der Waals surface area contributed by atoms with E-state index < -0.39 is 18.0 Å². The molecule has 2 aromatic rings. The van der Waals surface area contributed by atoms with Gasteiger partial charge in [-0.2, -0.15) is 5.26 Å². The number of anilines is 1. The number of cyclic esters (lactones) is 1. The summed E-state index contributed by atoms with van der Waals surface area (Å²) in [4.78, 5) is 29.2. The van der Waals surface area contributed by atoms with Crippen molar-refractivity contribution in [2.75, 3.05) is 31.1 Å². The second kappa shape index (κ2) is 9.39. The summed E-state index contributed by atoms with van der Waals surface area (Å²) in [5.41, 5.74) is 1.51. The quantitative estimate of drug-likeness (QED) is 0.706. The minimum Gasteiger partial charge on any atom is -0.442 e. The van der Waals surface area contributed by atoms with Gasteiger partial charge in [-0.05, 0) is 62.0 Å². The highest BCUT2D eigenvalue weighted by Gasteiger charge is 2.53. The number of benzene rings is 1.